The molecule has 0 spiro atoms. The second-order valence-corrected chi connectivity index (χ2v) is 32.9. The summed E-state index contributed by atoms with van der Waals surface area (Å²) in [5, 5.41) is 47.8. The number of rotatable bonds is 15. The molecule has 0 unspecified atom stereocenters. The van der Waals surface area contributed by atoms with Gasteiger partial charge in [0.1, 0.15) is 72.4 Å². The van der Waals surface area contributed by atoms with E-state index in [9.17, 15) is 40.5 Å². The van der Waals surface area contributed by atoms with Crippen molar-refractivity contribution < 1.29 is 130 Å². The van der Waals surface area contributed by atoms with E-state index in [2.05, 4.69) is 200 Å². The van der Waals surface area contributed by atoms with Gasteiger partial charge in [0, 0.05) is 7.11 Å². The summed E-state index contributed by atoms with van der Waals surface area (Å²) in [5.74, 6) is 6.65. The zero-order valence-electron chi connectivity index (χ0n) is 53.9. The van der Waals surface area contributed by atoms with Crippen molar-refractivity contribution in [2.24, 2.45) is 0 Å². The van der Waals surface area contributed by atoms with Gasteiger partial charge in [-0.2, -0.15) is 0 Å². The van der Waals surface area contributed by atoms with Crippen molar-refractivity contribution in [3.8, 4) is 17.8 Å². The molecule has 0 aliphatic carbocycles. The van der Waals surface area contributed by atoms with Crippen LogP contribution in [0.2, 0.25) is 0 Å². The monoisotopic (exact) mass is 2020 g/mol. The third kappa shape index (κ3) is 26.8. The standard InChI is InChI=1S/C37H31P3.3C15H11O.CH4O.3Au.Cu.F6P/c1-7-19-31(20-8-1)38(32-21-9-2-10-22-32)37(39(33-23-11-3-12-24-33)34-25-13-4-14-26-34)40(35-27-15-5-16-28-35)36-29-17-6-18-30-36;3*1-2-15(16,13-9-5-3-6-10-13)14-11-7-4-8-12-14;1-2;;;;;1-7(2,3,4,5)6/h1-30,37H;3*3-12,16H;2H,1H3;;;;;/q;3*-1;;4*+1;-1/p+3. The largest absolute Gasteiger partial charge is 1.00 e. The summed E-state index contributed by atoms with van der Waals surface area (Å²) in [6.07, 6.45) is 22.0. The Hall–Kier alpha value is -6.80. The van der Waals surface area contributed by atoms with Gasteiger partial charge in [-0.15, -0.1) is 0 Å². The van der Waals surface area contributed by atoms with Crippen LogP contribution in [0.25, 0.3) is 0 Å². The van der Waals surface area contributed by atoms with Gasteiger partial charge in [0.15, 0.2) is 0 Å². The van der Waals surface area contributed by atoms with Crippen LogP contribution in [0.4, 0.5) is 25.2 Å². The molecule has 4 nitrogen and oxygen atoms in total. The Bertz CT molecular complexity index is 3710. The van der Waals surface area contributed by atoms with E-state index < -0.39 is 48.4 Å². The van der Waals surface area contributed by atoms with Gasteiger partial charge < -0.3 is 57.5 Å². The Balaban J connectivity index is 0.000000363. The fraction of sp³-hybridized carbons (Fsp3) is 0.0602. The number of benzene rings is 12. The second kappa shape index (κ2) is 42.1. The van der Waals surface area contributed by atoms with E-state index in [4.69, 9.17) is 24.4 Å². The van der Waals surface area contributed by atoms with Crippen LogP contribution in [0.1, 0.15) is 33.4 Å². The Morgan fingerprint density at radius 3 is 0.455 bits per heavy atom. The van der Waals surface area contributed by atoms with Crippen molar-refractivity contribution in [1.29, 1.82) is 0 Å². The van der Waals surface area contributed by atoms with Gasteiger partial charge in [-0.05, 0) is 106 Å². The maximum atomic E-state index is 10.5. The third-order valence-corrected chi connectivity index (χ3v) is 27.7. The van der Waals surface area contributed by atoms with Crippen LogP contribution in [-0.4, -0.2) is 32.7 Å². The molecular weight excluding hydrogens is 1950 g/mol. The average molecular weight is 2020 g/mol. The molecule has 12 aromatic carbocycles. The van der Waals surface area contributed by atoms with Crippen LogP contribution in [0.15, 0.2) is 364 Å². The molecular formula is C83H71Au3CuF6O4P4+3. The molecule has 18 heteroatoms. The number of hydrogen-bond acceptors (Lipinski definition) is 4. The smallest absolute Gasteiger partial charge is 0.690 e. The maximum absolute atomic E-state index is 10.7. The van der Waals surface area contributed by atoms with Crippen molar-refractivity contribution in [2.75, 3.05) is 7.11 Å². The summed E-state index contributed by atoms with van der Waals surface area (Å²) < 4.78 is 59.2. The molecule has 0 radical (unpaired) electrons. The molecule has 12 rings (SSSR count). The average Bonchev–Trinajstić information content (AvgIpc) is 0.761. The number of halogens is 6. The fourth-order valence-electron chi connectivity index (χ4n) is 10.6. The molecule has 530 valence electrons. The molecule has 4 N–H and O–H groups in total. The van der Waals surface area contributed by atoms with Gasteiger partial charge in [0.05, 0.1) is 0 Å². The number of hydrogen-bond donors (Lipinski definition) is 4. The van der Waals surface area contributed by atoms with Gasteiger partial charge in [-0.3, -0.25) is 0 Å². The molecule has 12 aromatic rings. The Kier molecular flexibility index (Phi) is 36.8. The zero-order valence-corrected chi connectivity index (χ0v) is 65.3. The van der Waals surface area contributed by atoms with E-state index >= 15 is 0 Å². The predicted octanol–water partition coefficient (Wildman–Crippen LogP) is 17.4. The van der Waals surface area contributed by atoms with Crippen LogP contribution in [0.3, 0.4) is 0 Å². The van der Waals surface area contributed by atoms with Crippen LogP contribution < -0.4 is 31.8 Å². The Morgan fingerprint density at radius 2 is 0.356 bits per heavy atom. The molecule has 0 heterocycles. The van der Waals surface area contributed by atoms with E-state index in [0.717, 1.165) is 7.11 Å². The SMILES string of the molecule is CO.F[P-](F)(F)(F)(F)F.[Au+].[Au+].[Au+].[C-]#CC(O)(c1ccccc1)c1ccccc1.[C-]#CC(O)(c1ccccc1)c1ccccc1.[C-]#CC(O)(c1ccccc1)c1ccccc1.[Cu+].c1ccc([PH+](c2ccccc2)C([PH+](c2ccccc2)c2ccccc2)[PH+](c2ccccc2)c2ccccc2)cc1. The quantitative estimate of drug-likeness (QED) is 0.0271. The van der Waals surface area contributed by atoms with Crippen LogP contribution in [0.5, 0.6) is 0 Å². The van der Waals surface area contributed by atoms with Crippen molar-refractivity contribution in [2.45, 2.75) is 21.9 Å². The van der Waals surface area contributed by atoms with E-state index in [0.29, 0.717) is 38.5 Å². The summed E-state index contributed by atoms with van der Waals surface area (Å²) in [6, 6.07) is 123. The summed E-state index contributed by atoms with van der Waals surface area (Å²) in [4.78, 5) is 0. The first-order valence-electron chi connectivity index (χ1n) is 30.4. The second-order valence-electron chi connectivity index (χ2n) is 21.5. The van der Waals surface area contributed by atoms with Crippen LogP contribution in [-0.2, 0) is 101 Å². The first-order valence-corrected chi connectivity index (χ1v) is 37.2. The maximum Gasteiger partial charge on any atom is 1.00 e. The topological polar surface area (TPSA) is 80.9 Å². The molecule has 0 aliphatic rings. The van der Waals surface area contributed by atoms with E-state index in [-0.39, 0.29) is 84.2 Å². The molecule has 0 saturated heterocycles. The summed E-state index contributed by atoms with van der Waals surface area (Å²) >= 11 is 0. The molecule has 0 aromatic heterocycles. The Morgan fingerprint density at radius 1 is 0.257 bits per heavy atom. The molecule has 101 heavy (non-hydrogen) atoms. The van der Waals surface area contributed by atoms with Crippen molar-refractivity contribution >= 4 is 63.4 Å². The first kappa shape index (κ1) is 88.4. The minimum absolute atomic E-state index is 0. The van der Waals surface area contributed by atoms with E-state index in [1.54, 1.807) is 72.8 Å². The van der Waals surface area contributed by atoms with E-state index in [1.807, 2.05) is 109 Å². The molecule has 0 fully saturated rings. The molecule has 0 saturated carbocycles. The number of aliphatic hydroxyl groups is 4. The molecule has 0 atom stereocenters. The summed E-state index contributed by atoms with van der Waals surface area (Å²) in [7, 11) is -13.4. The normalized spacial score (nSPS) is 11.3. The third-order valence-electron chi connectivity index (χ3n) is 15.1. The molecule has 0 amide bonds. The fourth-order valence-corrected chi connectivity index (χ4v) is 26.4. The summed E-state index contributed by atoms with van der Waals surface area (Å²) in [6.45, 7) is 0. The Labute approximate surface area is 650 Å². The summed E-state index contributed by atoms with van der Waals surface area (Å²) in [5.41, 5.74) is -0.472. The van der Waals surface area contributed by atoms with Gasteiger partial charge in [-0.1, -0.05) is 291 Å². The van der Waals surface area contributed by atoms with Gasteiger partial charge >= 0.3 is 117 Å². The first-order chi connectivity index (χ1) is 46.7. The van der Waals surface area contributed by atoms with Crippen molar-refractivity contribution in [3.05, 3.63) is 417 Å². The van der Waals surface area contributed by atoms with Crippen LogP contribution in [0, 0.1) is 37.0 Å². The minimum atomic E-state index is -10.7. The molecule has 0 bridgehead atoms. The zero-order chi connectivity index (χ0) is 69.7. The van der Waals surface area contributed by atoms with Gasteiger partial charge in [0.25, 0.3) is 5.14 Å². The van der Waals surface area contributed by atoms with Gasteiger partial charge in [0.2, 0.25) is 0 Å². The van der Waals surface area contributed by atoms with Crippen molar-refractivity contribution in [3.63, 3.8) is 0 Å². The minimum Gasteiger partial charge on any atom is -0.690 e. The number of aliphatic hydroxyl groups excluding tert-OH is 1. The van der Waals surface area contributed by atoms with E-state index in [1.165, 1.54) is 31.8 Å². The predicted molar refractivity (Wildman–Crippen MR) is 396 cm³/mol. The van der Waals surface area contributed by atoms with Gasteiger partial charge in [-0.25, -0.2) is 0 Å². The van der Waals surface area contributed by atoms with Crippen molar-refractivity contribution in [1.82, 2.24) is 0 Å². The van der Waals surface area contributed by atoms with Crippen LogP contribution >= 0.6 is 31.6 Å². The molecule has 0 aliphatic heterocycles.